The Labute approximate surface area is 116 Å². The average Bonchev–Trinajstić information content (AvgIpc) is 2.24. The zero-order chi connectivity index (χ0) is 15.2. The van der Waals surface area contributed by atoms with Crippen molar-refractivity contribution in [2.45, 2.75) is 59.6 Å². The normalized spacial score (nSPS) is 13.1. The van der Waals surface area contributed by atoms with Crippen LogP contribution in [-0.2, 0) is 14.3 Å². The predicted molar refractivity (Wildman–Crippen MR) is 73.9 cm³/mol. The lowest BCUT2D eigenvalue weighted by atomic mass is 10.0. The van der Waals surface area contributed by atoms with Crippen LogP contribution >= 0.6 is 0 Å². The summed E-state index contributed by atoms with van der Waals surface area (Å²) >= 11 is 0. The van der Waals surface area contributed by atoms with Crippen molar-refractivity contribution < 1.29 is 19.1 Å². The van der Waals surface area contributed by atoms with Crippen LogP contribution in [-0.4, -0.2) is 42.3 Å². The fourth-order valence-electron chi connectivity index (χ4n) is 1.73. The number of carbonyl (C=O) groups excluding carboxylic acids is 2. The number of hydrogen-bond acceptors (Lipinski definition) is 4. The number of methoxy groups -OCH3 is 1. The largest absolute Gasteiger partial charge is 0.467 e. The molecular formula is C14H27NO4. The highest BCUT2D eigenvalue weighted by atomic mass is 16.6. The monoisotopic (exact) mass is 273 g/mol. The molecule has 0 aliphatic carbocycles. The van der Waals surface area contributed by atoms with Crippen molar-refractivity contribution in [3.8, 4) is 0 Å². The lowest BCUT2D eigenvalue weighted by Crippen LogP contribution is -2.48. The second kappa shape index (κ2) is 7.36. The molecule has 1 amide bonds. The lowest BCUT2D eigenvalue weighted by molar-refractivity contribution is -0.147. The highest BCUT2D eigenvalue weighted by Crippen LogP contribution is 2.17. The van der Waals surface area contributed by atoms with Crippen molar-refractivity contribution >= 4 is 12.1 Å². The summed E-state index contributed by atoms with van der Waals surface area (Å²) in [6.07, 6.45) is 0.0748. The molecule has 0 N–H and O–H groups in total. The molecule has 19 heavy (non-hydrogen) atoms. The molecule has 112 valence electrons. The van der Waals surface area contributed by atoms with E-state index < -0.39 is 23.7 Å². The van der Waals surface area contributed by atoms with Gasteiger partial charge in [-0.05, 0) is 40.0 Å². The van der Waals surface area contributed by atoms with Gasteiger partial charge in [0, 0.05) is 6.54 Å². The number of rotatable bonds is 5. The average molecular weight is 273 g/mol. The van der Waals surface area contributed by atoms with E-state index in [-0.39, 0.29) is 5.92 Å². The van der Waals surface area contributed by atoms with E-state index in [0.29, 0.717) is 13.0 Å². The SMILES string of the molecule is CCN(C(=O)OC(C)(C)C)[C@H](CC(C)C)C(=O)OC. The first kappa shape index (κ1) is 17.7. The number of nitrogens with zero attached hydrogens (tertiary/aromatic N) is 1. The fraction of sp³-hybridized carbons (Fsp3) is 0.857. The second-order valence-electron chi connectivity index (χ2n) is 5.93. The van der Waals surface area contributed by atoms with E-state index in [2.05, 4.69) is 0 Å². The Hall–Kier alpha value is -1.26. The maximum atomic E-state index is 12.1. The number of amides is 1. The predicted octanol–water partition coefficient (Wildman–Crippen LogP) is 2.83. The van der Waals surface area contributed by atoms with Crippen LogP contribution < -0.4 is 0 Å². The van der Waals surface area contributed by atoms with E-state index >= 15 is 0 Å². The number of hydrogen-bond donors (Lipinski definition) is 0. The van der Waals surface area contributed by atoms with Crippen LogP contribution in [0.15, 0.2) is 0 Å². The third kappa shape index (κ3) is 6.45. The molecule has 0 saturated heterocycles. The Balaban J connectivity index is 5.02. The Kier molecular flexibility index (Phi) is 6.87. The first-order valence-electron chi connectivity index (χ1n) is 6.69. The zero-order valence-corrected chi connectivity index (χ0v) is 13.1. The lowest BCUT2D eigenvalue weighted by Gasteiger charge is -2.32. The second-order valence-corrected chi connectivity index (χ2v) is 5.93. The molecule has 0 aliphatic rings. The topological polar surface area (TPSA) is 55.8 Å². The van der Waals surface area contributed by atoms with Gasteiger partial charge in [-0.2, -0.15) is 0 Å². The standard InChI is InChI=1S/C14H27NO4/c1-8-15(13(17)19-14(4,5)6)11(9-10(2)3)12(16)18-7/h10-11H,8-9H2,1-7H3/t11-/m1/s1. The summed E-state index contributed by atoms with van der Waals surface area (Å²) in [5, 5.41) is 0. The van der Waals surface area contributed by atoms with E-state index in [1.165, 1.54) is 12.0 Å². The third-order valence-corrected chi connectivity index (χ3v) is 2.51. The van der Waals surface area contributed by atoms with Crippen molar-refractivity contribution in [2.75, 3.05) is 13.7 Å². The molecule has 0 heterocycles. The van der Waals surface area contributed by atoms with Crippen molar-refractivity contribution in [3.63, 3.8) is 0 Å². The minimum absolute atomic E-state index is 0.278. The van der Waals surface area contributed by atoms with Gasteiger partial charge in [0.05, 0.1) is 7.11 Å². The van der Waals surface area contributed by atoms with Crippen LogP contribution in [0.2, 0.25) is 0 Å². The van der Waals surface area contributed by atoms with Crippen LogP contribution in [0, 0.1) is 5.92 Å². The smallest absolute Gasteiger partial charge is 0.411 e. The van der Waals surface area contributed by atoms with E-state index in [1.54, 1.807) is 20.8 Å². The van der Waals surface area contributed by atoms with Crippen LogP contribution in [0.25, 0.3) is 0 Å². The Morgan fingerprint density at radius 1 is 1.21 bits per heavy atom. The van der Waals surface area contributed by atoms with Gasteiger partial charge in [0.25, 0.3) is 0 Å². The van der Waals surface area contributed by atoms with E-state index in [1.807, 2.05) is 20.8 Å². The summed E-state index contributed by atoms with van der Waals surface area (Å²) in [5.41, 5.74) is -0.580. The molecule has 0 spiro atoms. The van der Waals surface area contributed by atoms with Crippen molar-refractivity contribution in [1.82, 2.24) is 4.90 Å². The minimum Gasteiger partial charge on any atom is -0.467 e. The fourth-order valence-corrected chi connectivity index (χ4v) is 1.73. The number of carbonyl (C=O) groups is 2. The van der Waals surface area contributed by atoms with Crippen LogP contribution in [0.1, 0.15) is 48.0 Å². The van der Waals surface area contributed by atoms with Gasteiger partial charge in [-0.3, -0.25) is 4.90 Å². The van der Waals surface area contributed by atoms with Gasteiger partial charge in [0.1, 0.15) is 11.6 Å². The molecular weight excluding hydrogens is 246 g/mol. The van der Waals surface area contributed by atoms with Gasteiger partial charge in [-0.15, -0.1) is 0 Å². The maximum Gasteiger partial charge on any atom is 0.411 e. The van der Waals surface area contributed by atoms with Crippen molar-refractivity contribution in [2.24, 2.45) is 5.92 Å². The van der Waals surface area contributed by atoms with Gasteiger partial charge in [0.2, 0.25) is 0 Å². The van der Waals surface area contributed by atoms with Crippen molar-refractivity contribution in [3.05, 3.63) is 0 Å². The summed E-state index contributed by atoms with van der Waals surface area (Å²) in [4.78, 5) is 25.4. The summed E-state index contributed by atoms with van der Waals surface area (Å²) in [6.45, 7) is 11.6. The molecule has 0 fully saturated rings. The van der Waals surface area contributed by atoms with Gasteiger partial charge in [-0.25, -0.2) is 9.59 Å². The van der Waals surface area contributed by atoms with Gasteiger partial charge >= 0.3 is 12.1 Å². The Morgan fingerprint density at radius 3 is 2.05 bits per heavy atom. The van der Waals surface area contributed by atoms with E-state index in [4.69, 9.17) is 9.47 Å². The molecule has 0 aromatic heterocycles. The molecule has 0 bridgehead atoms. The first-order chi connectivity index (χ1) is 8.62. The summed E-state index contributed by atoms with van der Waals surface area (Å²) < 4.78 is 10.1. The van der Waals surface area contributed by atoms with Crippen LogP contribution in [0.5, 0.6) is 0 Å². The molecule has 0 radical (unpaired) electrons. The van der Waals surface area contributed by atoms with Crippen LogP contribution in [0.4, 0.5) is 4.79 Å². The molecule has 0 unspecified atom stereocenters. The quantitative estimate of drug-likeness (QED) is 0.723. The molecule has 1 atom stereocenters. The number of esters is 1. The number of likely N-dealkylation sites (N-methyl/N-ethyl adjacent to an activating group) is 1. The Morgan fingerprint density at radius 2 is 1.74 bits per heavy atom. The highest BCUT2D eigenvalue weighted by Gasteiger charge is 2.32. The molecule has 0 saturated carbocycles. The van der Waals surface area contributed by atoms with Crippen LogP contribution in [0.3, 0.4) is 0 Å². The van der Waals surface area contributed by atoms with Crippen molar-refractivity contribution in [1.29, 1.82) is 0 Å². The molecule has 5 heteroatoms. The molecule has 5 nitrogen and oxygen atoms in total. The van der Waals surface area contributed by atoms with E-state index in [9.17, 15) is 9.59 Å². The van der Waals surface area contributed by atoms with Gasteiger partial charge in [0.15, 0.2) is 0 Å². The molecule has 0 aromatic rings. The zero-order valence-electron chi connectivity index (χ0n) is 13.1. The molecule has 0 aromatic carbocycles. The Bertz CT molecular complexity index is 307. The third-order valence-electron chi connectivity index (χ3n) is 2.51. The van der Waals surface area contributed by atoms with Gasteiger partial charge in [-0.1, -0.05) is 13.8 Å². The maximum absolute atomic E-state index is 12.1. The summed E-state index contributed by atoms with van der Waals surface area (Å²) in [5.74, 6) is -0.123. The number of ether oxygens (including phenoxy) is 2. The van der Waals surface area contributed by atoms with E-state index in [0.717, 1.165) is 0 Å². The summed E-state index contributed by atoms with van der Waals surface area (Å²) in [7, 11) is 1.33. The summed E-state index contributed by atoms with van der Waals surface area (Å²) in [6, 6.07) is -0.593. The highest BCUT2D eigenvalue weighted by molar-refractivity contribution is 5.81. The molecule has 0 rings (SSSR count). The van der Waals surface area contributed by atoms with Gasteiger partial charge < -0.3 is 9.47 Å². The minimum atomic E-state index is -0.593. The molecule has 0 aliphatic heterocycles. The first-order valence-corrected chi connectivity index (χ1v) is 6.69.